The summed E-state index contributed by atoms with van der Waals surface area (Å²) in [6.45, 7) is 0. The van der Waals surface area contributed by atoms with Gasteiger partial charge in [0, 0.05) is 37.4 Å². The van der Waals surface area contributed by atoms with Gasteiger partial charge in [-0.25, -0.2) is 4.39 Å². The number of anilines is 1. The van der Waals surface area contributed by atoms with Crippen molar-refractivity contribution in [3.63, 3.8) is 0 Å². The van der Waals surface area contributed by atoms with E-state index in [1.165, 1.54) is 18.2 Å². The number of amides is 2. The molecule has 1 unspecified atom stereocenters. The lowest BCUT2D eigenvalue weighted by Crippen LogP contribution is -2.21. The average molecular weight is 562 g/mol. The van der Waals surface area contributed by atoms with Crippen molar-refractivity contribution in [2.24, 2.45) is 0 Å². The summed E-state index contributed by atoms with van der Waals surface area (Å²) in [7, 11) is 0. The van der Waals surface area contributed by atoms with E-state index in [4.69, 9.17) is 23.2 Å². The first-order valence-electron chi connectivity index (χ1n) is 9.23. The summed E-state index contributed by atoms with van der Waals surface area (Å²) in [5.74, 6) is -1.93. The number of hydrogen-bond acceptors (Lipinski definition) is 2. The zero-order valence-electron chi connectivity index (χ0n) is 16.2. The molecular weight excluding hydrogens is 551 g/mol. The highest BCUT2D eigenvalue weighted by atomic mass is 79.9. The van der Waals surface area contributed by atoms with E-state index in [1.54, 1.807) is 0 Å². The molecule has 0 bridgehead atoms. The molecule has 1 atom stereocenters. The van der Waals surface area contributed by atoms with E-state index in [9.17, 15) is 27.2 Å². The summed E-state index contributed by atoms with van der Waals surface area (Å²) in [5, 5.41) is 4.88. The van der Waals surface area contributed by atoms with Gasteiger partial charge < -0.3 is 10.6 Å². The number of rotatable bonds is 3. The van der Waals surface area contributed by atoms with E-state index < -0.39 is 40.4 Å². The minimum Gasteiger partial charge on any atom is -0.341 e. The van der Waals surface area contributed by atoms with Gasteiger partial charge in [-0.05, 0) is 48.5 Å². The van der Waals surface area contributed by atoms with Crippen LogP contribution in [0.3, 0.4) is 0 Å². The summed E-state index contributed by atoms with van der Waals surface area (Å²) < 4.78 is 53.9. The maximum absolute atomic E-state index is 13.9. The standard InChI is InChI=1S/C22H11BrCl2F4N2O2/c23-10-6-13-18(19(31-21(13)33)12-8-11(26)2-4-15(12)24)17(7-10)30-20(32)9-1-3-16(25)14(5-9)22(27,28)29/h1-8,19H,(H,30,32)(H,31,33). The van der Waals surface area contributed by atoms with Crippen LogP contribution in [0.4, 0.5) is 23.2 Å². The number of carbonyl (C=O) groups excluding carboxylic acids is 2. The summed E-state index contributed by atoms with van der Waals surface area (Å²) in [4.78, 5) is 25.4. The molecule has 0 fully saturated rings. The summed E-state index contributed by atoms with van der Waals surface area (Å²) >= 11 is 15.1. The van der Waals surface area contributed by atoms with Crippen LogP contribution in [0, 0.1) is 5.82 Å². The van der Waals surface area contributed by atoms with Crippen molar-refractivity contribution in [1.82, 2.24) is 5.32 Å². The molecule has 33 heavy (non-hydrogen) atoms. The monoisotopic (exact) mass is 560 g/mol. The Morgan fingerprint density at radius 1 is 1.03 bits per heavy atom. The van der Waals surface area contributed by atoms with Gasteiger partial charge in [0.2, 0.25) is 0 Å². The number of nitrogens with one attached hydrogen (secondary N) is 2. The SMILES string of the molecule is O=C(Nc1cc(Br)cc2c1C(c1cc(F)ccc1Cl)NC2=O)c1ccc(Cl)c(C(F)(F)F)c1. The molecule has 0 aromatic heterocycles. The lowest BCUT2D eigenvalue weighted by Gasteiger charge is -2.18. The van der Waals surface area contributed by atoms with Crippen molar-refractivity contribution in [2.75, 3.05) is 5.32 Å². The highest BCUT2D eigenvalue weighted by molar-refractivity contribution is 9.10. The van der Waals surface area contributed by atoms with Crippen LogP contribution in [-0.4, -0.2) is 11.8 Å². The minimum absolute atomic E-state index is 0.136. The largest absolute Gasteiger partial charge is 0.417 e. The molecule has 2 N–H and O–H groups in total. The second-order valence-corrected chi connectivity index (χ2v) is 8.86. The number of fused-ring (bicyclic) bond motifs is 1. The van der Waals surface area contributed by atoms with E-state index >= 15 is 0 Å². The average Bonchev–Trinajstić information content (AvgIpc) is 3.05. The van der Waals surface area contributed by atoms with Crippen LogP contribution in [0.25, 0.3) is 0 Å². The normalized spacial score (nSPS) is 15.2. The molecule has 0 aliphatic carbocycles. The maximum Gasteiger partial charge on any atom is 0.417 e. The molecule has 1 aliphatic rings. The summed E-state index contributed by atoms with van der Waals surface area (Å²) in [6.07, 6.45) is -4.75. The molecule has 4 rings (SSSR count). The van der Waals surface area contributed by atoms with E-state index in [0.29, 0.717) is 16.1 Å². The first-order valence-corrected chi connectivity index (χ1v) is 10.8. The number of alkyl halides is 3. The molecule has 2 amide bonds. The van der Waals surface area contributed by atoms with Gasteiger partial charge in [0.05, 0.1) is 16.6 Å². The van der Waals surface area contributed by atoms with Crippen LogP contribution < -0.4 is 10.6 Å². The summed E-state index contributed by atoms with van der Waals surface area (Å²) in [6, 6.07) is 8.52. The van der Waals surface area contributed by atoms with Crippen molar-refractivity contribution in [3.8, 4) is 0 Å². The first-order chi connectivity index (χ1) is 15.5. The van der Waals surface area contributed by atoms with Crippen LogP contribution in [-0.2, 0) is 6.18 Å². The van der Waals surface area contributed by atoms with E-state index in [2.05, 4.69) is 26.6 Å². The van der Waals surface area contributed by atoms with Crippen molar-refractivity contribution in [2.45, 2.75) is 12.2 Å². The van der Waals surface area contributed by atoms with Gasteiger partial charge in [0.15, 0.2) is 0 Å². The van der Waals surface area contributed by atoms with Crippen LogP contribution in [0.1, 0.15) is 43.4 Å². The van der Waals surface area contributed by atoms with Gasteiger partial charge in [0.25, 0.3) is 11.8 Å². The first kappa shape index (κ1) is 23.5. The Morgan fingerprint density at radius 3 is 2.42 bits per heavy atom. The van der Waals surface area contributed by atoms with Crippen LogP contribution in [0.2, 0.25) is 10.0 Å². The Balaban J connectivity index is 1.78. The lowest BCUT2D eigenvalue weighted by molar-refractivity contribution is -0.137. The Hall–Kier alpha value is -2.62. The molecule has 1 heterocycles. The van der Waals surface area contributed by atoms with Crippen molar-refractivity contribution in [1.29, 1.82) is 0 Å². The fraction of sp³-hybridized carbons (Fsp3) is 0.0909. The Kier molecular flexibility index (Phi) is 6.15. The molecule has 1 aliphatic heterocycles. The van der Waals surface area contributed by atoms with Crippen molar-refractivity contribution < 1.29 is 27.2 Å². The van der Waals surface area contributed by atoms with Crippen LogP contribution in [0.15, 0.2) is 53.0 Å². The zero-order valence-corrected chi connectivity index (χ0v) is 19.3. The van der Waals surface area contributed by atoms with Gasteiger partial charge in [-0.1, -0.05) is 39.1 Å². The molecule has 0 saturated heterocycles. The molecule has 0 saturated carbocycles. The Labute approximate surface area is 203 Å². The second kappa shape index (κ2) is 8.62. The van der Waals surface area contributed by atoms with E-state index in [1.807, 2.05) is 0 Å². The van der Waals surface area contributed by atoms with Gasteiger partial charge >= 0.3 is 6.18 Å². The molecule has 0 spiro atoms. The lowest BCUT2D eigenvalue weighted by atomic mass is 9.96. The predicted molar refractivity (Wildman–Crippen MR) is 119 cm³/mol. The topological polar surface area (TPSA) is 58.2 Å². The molecule has 3 aromatic rings. The van der Waals surface area contributed by atoms with Gasteiger partial charge in [-0.15, -0.1) is 0 Å². The van der Waals surface area contributed by atoms with Crippen molar-refractivity contribution >= 4 is 56.6 Å². The number of hydrogen-bond donors (Lipinski definition) is 2. The van der Waals surface area contributed by atoms with Crippen LogP contribution in [0.5, 0.6) is 0 Å². The molecular formula is C22H11BrCl2F4N2O2. The highest BCUT2D eigenvalue weighted by Crippen LogP contribution is 2.41. The fourth-order valence-electron chi connectivity index (χ4n) is 3.55. The number of carbonyl (C=O) groups is 2. The Morgan fingerprint density at radius 2 is 1.73 bits per heavy atom. The third-order valence-electron chi connectivity index (χ3n) is 5.00. The number of halogens is 7. The van der Waals surface area contributed by atoms with Gasteiger partial charge in [0.1, 0.15) is 5.82 Å². The minimum atomic E-state index is -4.75. The third kappa shape index (κ3) is 4.58. The van der Waals surface area contributed by atoms with E-state index in [-0.39, 0.29) is 27.4 Å². The smallest absolute Gasteiger partial charge is 0.341 e. The van der Waals surface area contributed by atoms with E-state index in [0.717, 1.165) is 24.3 Å². The maximum atomic E-state index is 13.9. The molecule has 4 nitrogen and oxygen atoms in total. The molecule has 170 valence electrons. The number of benzene rings is 3. The molecule has 11 heteroatoms. The second-order valence-electron chi connectivity index (χ2n) is 7.13. The van der Waals surface area contributed by atoms with Gasteiger partial charge in [-0.2, -0.15) is 13.2 Å². The molecule has 0 radical (unpaired) electrons. The summed E-state index contributed by atoms with van der Waals surface area (Å²) in [5.41, 5.74) is -0.564. The van der Waals surface area contributed by atoms with Gasteiger partial charge in [-0.3, -0.25) is 9.59 Å². The third-order valence-corrected chi connectivity index (χ3v) is 6.14. The highest BCUT2D eigenvalue weighted by Gasteiger charge is 2.36. The molecule has 3 aromatic carbocycles. The fourth-order valence-corrected chi connectivity index (χ4v) is 4.46. The predicted octanol–water partition coefficient (Wildman–Crippen LogP) is 7.00. The quantitative estimate of drug-likeness (QED) is 0.338. The van der Waals surface area contributed by atoms with Crippen molar-refractivity contribution in [3.05, 3.63) is 96.7 Å². The van der Waals surface area contributed by atoms with Crippen LogP contribution >= 0.6 is 39.1 Å². The Bertz CT molecular complexity index is 1310. The zero-order chi connectivity index (χ0) is 24.1.